The normalized spacial score (nSPS) is 18.5. The zero-order chi connectivity index (χ0) is 14.8. The SMILES string of the molecule is CC(C)N1C=C(O)C2=CN(Cc3ccccn3)CCN2C1. The summed E-state index contributed by atoms with van der Waals surface area (Å²) in [6.07, 6.45) is 5.70. The van der Waals surface area contributed by atoms with Crippen molar-refractivity contribution in [1.82, 2.24) is 19.7 Å². The first kappa shape index (κ1) is 13.8. The van der Waals surface area contributed by atoms with E-state index >= 15 is 0 Å². The van der Waals surface area contributed by atoms with Gasteiger partial charge in [-0.1, -0.05) is 6.07 Å². The molecule has 2 aliphatic rings. The Balaban J connectivity index is 1.77. The molecule has 0 saturated carbocycles. The number of fused-ring (bicyclic) bond motifs is 1. The summed E-state index contributed by atoms with van der Waals surface area (Å²) in [5.41, 5.74) is 1.96. The average molecular weight is 286 g/mol. The van der Waals surface area contributed by atoms with Gasteiger partial charge in [0.25, 0.3) is 0 Å². The van der Waals surface area contributed by atoms with E-state index in [2.05, 4.69) is 33.5 Å². The van der Waals surface area contributed by atoms with Gasteiger partial charge in [0.2, 0.25) is 0 Å². The van der Waals surface area contributed by atoms with Crippen molar-refractivity contribution in [2.24, 2.45) is 0 Å². The van der Waals surface area contributed by atoms with Crippen LogP contribution in [0, 0.1) is 0 Å². The first-order valence-corrected chi connectivity index (χ1v) is 7.41. The highest BCUT2D eigenvalue weighted by molar-refractivity contribution is 5.27. The summed E-state index contributed by atoms with van der Waals surface area (Å²) in [4.78, 5) is 11.0. The monoisotopic (exact) mass is 286 g/mol. The molecule has 0 fully saturated rings. The number of pyridine rings is 1. The second-order valence-electron chi connectivity index (χ2n) is 5.83. The molecule has 3 rings (SSSR count). The molecule has 1 aromatic heterocycles. The van der Waals surface area contributed by atoms with Gasteiger partial charge in [-0.05, 0) is 26.0 Å². The second kappa shape index (κ2) is 5.68. The molecule has 112 valence electrons. The van der Waals surface area contributed by atoms with E-state index in [9.17, 15) is 5.11 Å². The fourth-order valence-electron chi connectivity index (χ4n) is 2.66. The van der Waals surface area contributed by atoms with Crippen LogP contribution in [-0.2, 0) is 6.54 Å². The molecule has 1 N–H and O–H groups in total. The van der Waals surface area contributed by atoms with Gasteiger partial charge in [-0.2, -0.15) is 0 Å². The molecule has 0 aliphatic carbocycles. The summed E-state index contributed by atoms with van der Waals surface area (Å²) in [5, 5.41) is 10.3. The molecule has 5 heteroatoms. The van der Waals surface area contributed by atoms with E-state index < -0.39 is 0 Å². The van der Waals surface area contributed by atoms with Gasteiger partial charge in [0.1, 0.15) is 0 Å². The highest BCUT2D eigenvalue weighted by atomic mass is 16.3. The Bertz CT molecular complexity index is 553. The lowest BCUT2D eigenvalue weighted by molar-refractivity contribution is 0.119. The van der Waals surface area contributed by atoms with Crippen molar-refractivity contribution in [3.05, 3.63) is 53.9 Å². The minimum absolute atomic E-state index is 0.348. The van der Waals surface area contributed by atoms with E-state index in [4.69, 9.17) is 0 Å². The molecule has 5 nitrogen and oxygen atoms in total. The van der Waals surface area contributed by atoms with Crippen molar-refractivity contribution < 1.29 is 5.11 Å². The largest absolute Gasteiger partial charge is 0.504 e. The van der Waals surface area contributed by atoms with Crippen LogP contribution < -0.4 is 0 Å². The Morgan fingerprint density at radius 1 is 1.24 bits per heavy atom. The maximum atomic E-state index is 10.3. The summed E-state index contributed by atoms with van der Waals surface area (Å²) in [5.74, 6) is 0.348. The topological polar surface area (TPSA) is 42.8 Å². The first-order chi connectivity index (χ1) is 10.1. The minimum Gasteiger partial charge on any atom is -0.504 e. The molecule has 0 saturated heterocycles. The molecule has 3 heterocycles. The smallest absolute Gasteiger partial charge is 0.156 e. The zero-order valence-electron chi connectivity index (χ0n) is 12.6. The summed E-state index contributed by atoms with van der Waals surface area (Å²) in [7, 11) is 0. The minimum atomic E-state index is 0.348. The quantitative estimate of drug-likeness (QED) is 0.922. The number of hydrogen-bond acceptors (Lipinski definition) is 5. The Morgan fingerprint density at radius 2 is 2.10 bits per heavy atom. The van der Waals surface area contributed by atoms with Crippen molar-refractivity contribution in [2.75, 3.05) is 19.8 Å². The van der Waals surface area contributed by atoms with Crippen LogP contribution in [0.4, 0.5) is 0 Å². The lowest BCUT2D eigenvalue weighted by Crippen LogP contribution is -2.47. The Labute approximate surface area is 125 Å². The standard InChI is InChI=1S/C16H22N4O/c1-13(2)20-11-16(21)15-10-18(7-8-19(15)12-20)9-14-5-3-4-6-17-14/h3-6,10-11,13,21H,7-9,12H2,1-2H3. The van der Waals surface area contributed by atoms with Gasteiger partial charge in [-0.25, -0.2) is 0 Å². The van der Waals surface area contributed by atoms with Crippen LogP contribution in [-0.4, -0.2) is 50.6 Å². The van der Waals surface area contributed by atoms with E-state index in [0.717, 1.165) is 37.7 Å². The molecular formula is C16H22N4O. The van der Waals surface area contributed by atoms with Gasteiger partial charge < -0.3 is 19.8 Å². The van der Waals surface area contributed by atoms with Crippen molar-refractivity contribution >= 4 is 0 Å². The Morgan fingerprint density at radius 3 is 2.81 bits per heavy atom. The van der Waals surface area contributed by atoms with Crippen molar-refractivity contribution in [3.63, 3.8) is 0 Å². The molecule has 0 spiro atoms. The third-order valence-corrected chi connectivity index (χ3v) is 3.94. The van der Waals surface area contributed by atoms with E-state index in [0.29, 0.717) is 11.8 Å². The van der Waals surface area contributed by atoms with Crippen LogP contribution in [0.15, 0.2) is 48.3 Å². The summed E-state index contributed by atoms with van der Waals surface area (Å²) in [6.45, 7) is 7.75. The molecule has 0 atom stereocenters. The number of rotatable bonds is 3. The van der Waals surface area contributed by atoms with Crippen molar-refractivity contribution in [2.45, 2.75) is 26.4 Å². The van der Waals surface area contributed by atoms with E-state index in [1.54, 1.807) is 0 Å². The fraction of sp³-hybridized carbons (Fsp3) is 0.438. The number of nitrogens with zero attached hydrogens (tertiary/aromatic N) is 4. The van der Waals surface area contributed by atoms with Gasteiger partial charge in [0, 0.05) is 37.7 Å². The van der Waals surface area contributed by atoms with Crippen LogP contribution in [0.3, 0.4) is 0 Å². The second-order valence-corrected chi connectivity index (χ2v) is 5.83. The Hall–Kier alpha value is -2.17. The number of aromatic nitrogens is 1. The van der Waals surface area contributed by atoms with Gasteiger partial charge in [0.15, 0.2) is 5.76 Å². The zero-order valence-corrected chi connectivity index (χ0v) is 12.6. The molecule has 0 unspecified atom stereocenters. The summed E-state index contributed by atoms with van der Waals surface area (Å²) in [6, 6.07) is 6.35. The van der Waals surface area contributed by atoms with E-state index in [-0.39, 0.29) is 0 Å². The molecule has 0 aromatic carbocycles. The third-order valence-electron chi connectivity index (χ3n) is 3.94. The van der Waals surface area contributed by atoms with Crippen LogP contribution in [0.1, 0.15) is 19.5 Å². The van der Waals surface area contributed by atoms with E-state index in [1.165, 1.54) is 0 Å². The number of aliphatic hydroxyl groups excluding tert-OH is 1. The molecule has 1 aromatic rings. The van der Waals surface area contributed by atoms with Crippen LogP contribution in [0.5, 0.6) is 0 Å². The summed E-state index contributed by atoms with van der Waals surface area (Å²) >= 11 is 0. The highest BCUT2D eigenvalue weighted by Gasteiger charge is 2.27. The first-order valence-electron chi connectivity index (χ1n) is 7.41. The van der Waals surface area contributed by atoms with Crippen molar-refractivity contribution in [1.29, 1.82) is 0 Å². The maximum absolute atomic E-state index is 10.3. The molecule has 2 aliphatic heterocycles. The predicted octanol–water partition coefficient (Wildman–Crippen LogP) is 2.12. The van der Waals surface area contributed by atoms with Crippen LogP contribution in [0.25, 0.3) is 0 Å². The number of hydrogen-bond donors (Lipinski definition) is 1. The average Bonchev–Trinajstić information content (AvgIpc) is 2.48. The third kappa shape index (κ3) is 2.96. The molecule has 21 heavy (non-hydrogen) atoms. The lowest BCUT2D eigenvalue weighted by atomic mass is 10.2. The molecular weight excluding hydrogens is 264 g/mol. The maximum Gasteiger partial charge on any atom is 0.156 e. The molecule has 0 radical (unpaired) electrons. The Kier molecular flexibility index (Phi) is 3.73. The molecule has 0 bridgehead atoms. The number of aliphatic hydroxyl groups is 1. The molecule has 0 amide bonds. The predicted molar refractivity (Wildman–Crippen MR) is 82.0 cm³/mol. The van der Waals surface area contributed by atoms with Gasteiger partial charge in [0.05, 0.1) is 24.6 Å². The van der Waals surface area contributed by atoms with Crippen molar-refractivity contribution in [3.8, 4) is 0 Å². The van der Waals surface area contributed by atoms with Gasteiger partial charge in [-0.3, -0.25) is 4.98 Å². The highest BCUT2D eigenvalue weighted by Crippen LogP contribution is 2.25. The van der Waals surface area contributed by atoms with Gasteiger partial charge >= 0.3 is 0 Å². The lowest BCUT2D eigenvalue weighted by Gasteiger charge is -2.43. The van der Waals surface area contributed by atoms with E-state index in [1.807, 2.05) is 36.8 Å². The van der Waals surface area contributed by atoms with Crippen LogP contribution in [0.2, 0.25) is 0 Å². The van der Waals surface area contributed by atoms with Gasteiger partial charge in [-0.15, -0.1) is 0 Å². The fourth-order valence-corrected chi connectivity index (χ4v) is 2.66. The summed E-state index contributed by atoms with van der Waals surface area (Å²) < 4.78 is 0. The van der Waals surface area contributed by atoms with Crippen LogP contribution >= 0.6 is 0 Å².